The van der Waals surface area contributed by atoms with E-state index < -0.39 is 0 Å². The lowest BCUT2D eigenvalue weighted by Gasteiger charge is -2.07. The number of pyridine rings is 1. The normalized spacial score (nSPS) is 10.7. The van der Waals surface area contributed by atoms with Crippen LogP contribution in [0.5, 0.6) is 0 Å². The van der Waals surface area contributed by atoms with Gasteiger partial charge < -0.3 is 0 Å². The molecule has 1 heteroatoms. The molecule has 0 saturated heterocycles. The first-order valence-electron chi connectivity index (χ1n) is 5.75. The summed E-state index contributed by atoms with van der Waals surface area (Å²) in [5.41, 5.74) is 3.92. The first kappa shape index (κ1) is 10.9. The van der Waals surface area contributed by atoms with Gasteiger partial charge in [0.1, 0.15) is 0 Å². The van der Waals surface area contributed by atoms with E-state index in [1.165, 1.54) is 16.7 Å². The summed E-state index contributed by atoms with van der Waals surface area (Å²) in [6.45, 7) is 4.50. The zero-order chi connectivity index (χ0) is 11.4. The van der Waals surface area contributed by atoms with Gasteiger partial charge in [0.25, 0.3) is 0 Å². The summed E-state index contributed by atoms with van der Waals surface area (Å²) in [7, 11) is 0. The summed E-state index contributed by atoms with van der Waals surface area (Å²) in [5, 5.41) is 0. The lowest BCUT2D eigenvalue weighted by atomic mass is 9.98. The van der Waals surface area contributed by atoms with E-state index in [1.807, 2.05) is 12.4 Å². The summed E-state index contributed by atoms with van der Waals surface area (Å²) in [6, 6.07) is 12.9. The average molecular weight is 211 g/mol. The molecule has 82 valence electrons. The minimum Gasteiger partial charge on any atom is -0.265 e. The topological polar surface area (TPSA) is 12.9 Å². The number of hydrogen-bond acceptors (Lipinski definition) is 1. The van der Waals surface area contributed by atoms with Crippen LogP contribution in [0.3, 0.4) is 0 Å². The van der Waals surface area contributed by atoms with Gasteiger partial charge in [-0.3, -0.25) is 4.98 Å². The number of aromatic nitrogens is 1. The molecule has 0 spiro atoms. The van der Waals surface area contributed by atoms with Crippen LogP contribution in [-0.2, 0) is 6.42 Å². The predicted octanol–water partition coefficient (Wildman–Crippen LogP) is 3.95. The molecule has 16 heavy (non-hydrogen) atoms. The summed E-state index contributed by atoms with van der Waals surface area (Å²) >= 11 is 0. The molecule has 0 atom stereocenters. The van der Waals surface area contributed by atoms with E-state index in [1.54, 1.807) is 0 Å². The van der Waals surface area contributed by atoms with Gasteiger partial charge in [-0.05, 0) is 41.2 Å². The van der Waals surface area contributed by atoms with E-state index >= 15 is 0 Å². The zero-order valence-corrected chi connectivity index (χ0v) is 9.85. The lowest BCUT2D eigenvalue weighted by molar-refractivity contribution is 0.647. The standard InChI is InChI=1S/C15H17N/c1-12(2)10-13-4-3-5-15(11-13)14-6-8-16-9-7-14/h3-9,11-12H,10H2,1-2H3. The molecule has 1 aromatic carbocycles. The molecule has 0 N–H and O–H groups in total. The maximum atomic E-state index is 4.04. The fourth-order valence-corrected chi connectivity index (χ4v) is 1.89. The molecule has 0 aliphatic rings. The van der Waals surface area contributed by atoms with Gasteiger partial charge in [0.2, 0.25) is 0 Å². The Kier molecular flexibility index (Phi) is 3.35. The molecule has 1 nitrogen and oxygen atoms in total. The first-order chi connectivity index (χ1) is 7.75. The lowest BCUT2D eigenvalue weighted by Crippen LogP contribution is -1.93. The molecule has 0 unspecified atom stereocenters. The molecular weight excluding hydrogens is 194 g/mol. The third-order valence-electron chi connectivity index (χ3n) is 2.58. The molecule has 0 bridgehead atoms. The molecule has 0 aliphatic carbocycles. The first-order valence-corrected chi connectivity index (χ1v) is 5.75. The number of nitrogens with zero attached hydrogens (tertiary/aromatic N) is 1. The quantitative estimate of drug-likeness (QED) is 0.749. The summed E-state index contributed by atoms with van der Waals surface area (Å²) < 4.78 is 0. The minimum atomic E-state index is 0.702. The molecule has 0 radical (unpaired) electrons. The second-order valence-electron chi connectivity index (χ2n) is 4.53. The van der Waals surface area contributed by atoms with Crippen molar-refractivity contribution in [3.63, 3.8) is 0 Å². The Morgan fingerprint density at radius 3 is 2.44 bits per heavy atom. The second kappa shape index (κ2) is 4.93. The van der Waals surface area contributed by atoms with Gasteiger partial charge in [-0.25, -0.2) is 0 Å². The van der Waals surface area contributed by atoms with Crippen molar-refractivity contribution < 1.29 is 0 Å². The van der Waals surface area contributed by atoms with Crippen molar-refractivity contribution in [1.29, 1.82) is 0 Å². The molecule has 0 amide bonds. The number of benzene rings is 1. The molecular formula is C15H17N. The van der Waals surface area contributed by atoms with Crippen LogP contribution in [0.15, 0.2) is 48.8 Å². The number of rotatable bonds is 3. The van der Waals surface area contributed by atoms with Gasteiger partial charge in [-0.2, -0.15) is 0 Å². The highest BCUT2D eigenvalue weighted by Crippen LogP contribution is 2.20. The highest BCUT2D eigenvalue weighted by atomic mass is 14.6. The van der Waals surface area contributed by atoms with Crippen LogP contribution in [0, 0.1) is 5.92 Å². The van der Waals surface area contributed by atoms with Crippen molar-refractivity contribution in [2.75, 3.05) is 0 Å². The van der Waals surface area contributed by atoms with Crippen LogP contribution in [-0.4, -0.2) is 4.98 Å². The highest BCUT2D eigenvalue weighted by Gasteiger charge is 2.00. The van der Waals surface area contributed by atoms with Crippen LogP contribution in [0.25, 0.3) is 11.1 Å². The second-order valence-corrected chi connectivity index (χ2v) is 4.53. The van der Waals surface area contributed by atoms with E-state index in [2.05, 4.69) is 55.2 Å². The molecule has 2 aromatic rings. The van der Waals surface area contributed by atoms with Gasteiger partial charge in [0.05, 0.1) is 0 Å². The average Bonchev–Trinajstić information content (AvgIpc) is 2.30. The largest absolute Gasteiger partial charge is 0.265 e. The maximum absolute atomic E-state index is 4.04. The van der Waals surface area contributed by atoms with E-state index in [0.29, 0.717) is 5.92 Å². The van der Waals surface area contributed by atoms with Crippen LogP contribution in [0.4, 0.5) is 0 Å². The minimum absolute atomic E-state index is 0.702. The van der Waals surface area contributed by atoms with Crippen LogP contribution < -0.4 is 0 Å². The van der Waals surface area contributed by atoms with Crippen LogP contribution in [0.2, 0.25) is 0 Å². The van der Waals surface area contributed by atoms with Gasteiger partial charge in [-0.1, -0.05) is 38.1 Å². The Morgan fingerprint density at radius 1 is 1.00 bits per heavy atom. The predicted molar refractivity (Wildman–Crippen MR) is 68.2 cm³/mol. The van der Waals surface area contributed by atoms with Crippen molar-refractivity contribution in [2.45, 2.75) is 20.3 Å². The number of hydrogen-bond donors (Lipinski definition) is 0. The van der Waals surface area contributed by atoms with Gasteiger partial charge in [0.15, 0.2) is 0 Å². The Bertz CT molecular complexity index is 446. The van der Waals surface area contributed by atoms with Crippen molar-refractivity contribution in [3.8, 4) is 11.1 Å². The van der Waals surface area contributed by atoms with Crippen molar-refractivity contribution in [3.05, 3.63) is 54.4 Å². The van der Waals surface area contributed by atoms with Crippen molar-refractivity contribution in [2.24, 2.45) is 5.92 Å². The third-order valence-corrected chi connectivity index (χ3v) is 2.58. The Balaban J connectivity index is 2.29. The van der Waals surface area contributed by atoms with E-state index in [-0.39, 0.29) is 0 Å². The Labute approximate surface area is 97.2 Å². The monoisotopic (exact) mass is 211 g/mol. The molecule has 0 saturated carbocycles. The van der Waals surface area contributed by atoms with E-state index in [0.717, 1.165) is 6.42 Å². The third kappa shape index (κ3) is 2.69. The highest BCUT2D eigenvalue weighted by molar-refractivity contribution is 5.63. The molecule has 1 heterocycles. The van der Waals surface area contributed by atoms with Crippen molar-refractivity contribution in [1.82, 2.24) is 4.98 Å². The van der Waals surface area contributed by atoms with E-state index in [4.69, 9.17) is 0 Å². The van der Waals surface area contributed by atoms with Crippen molar-refractivity contribution >= 4 is 0 Å². The smallest absolute Gasteiger partial charge is 0.0273 e. The summed E-state index contributed by atoms with van der Waals surface area (Å²) in [6.07, 6.45) is 4.81. The molecule has 0 fully saturated rings. The Hall–Kier alpha value is -1.63. The van der Waals surface area contributed by atoms with Gasteiger partial charge in [0, 0.05) is 12.4 Å². The summed E-state index contributed by atoms with van der Waals surface area (Å²) in [4.78, 5) is 4.04. The van der Waals surface area contributed by atoms with Crippen LogP contribution >= 0.6 is 0 Å². The molecule has 0 aliphatic heterocycles. The maximum Gasteiger partial charge on any atom is 0.0273 e. The fraction of sp³-hybridized carbons (Fsp3) is 0.267. The zero-order valence-electron chi connectivity index (χ0n) is 9.85. The summed E-state index contributed by atoms with van der Waals surface area (Å²) in [5.74, 6) is 0.702. The van der Waals surface area contributed by atoms with Gasteiger partial charge in [-0.15, -0.1) is 0 Å². The fourth-order valence-electron chi connectivity index (χ4n) is 1.89. The Morgan fingerprint density at radius 2 is 1.75 bits per heavy atom. The molecule has 2 rings (SSSR count). The molecule has 1 aromatic heterocycles. The SMILES string of the molecule is CC(C)Cc1cccc(-c2ccncc2)c1. The van der Waals surface area contributed by atoms with E-state index in [9.17, 15) is 0 Å². The van der Waals surface area contributed by atoms with Gasteiger partial charge >= 0.3 is 0 Å². The van der Waals surface area contributed by atoms with Crippen LogP contribution in [0.1, 0.15) is 19.4 Å².